The molecule has 4 saturated carbocycles. The molecule has 3 N–H and O–H groups in total. The number of fused-ring (bicyclic) bond motifs is 2. The van der Waals surface area contributed by atoms with Gasteiger partial charge in [0.05, 0.1) is 35.9 Å². The van der Waals surface area contributed by atoms with Crippen molar-refractivity contribution in [1.29, 1.82) is 0 Å². The number of aliphatic hydroxyl groups excluding tert-OH is 2. The summed E-state index contributed by atoms with van der Waals surface area (Å²) in [7, 11) is 1.58. The Balaban J connectivity index is 1.15. The molecule has 15 atom stereocenters. The average Bonchev–Trinajstić information content (AvgIpc) is 3.53. The maximum absolute atomic E-state index is 14.2. The zero-order valence-corrected chi connectivity index (χ0v) is 23.7. The zero-order valence-electron chi connectivity index (χ0n) is 23.7. The molecule has 0 radical (unpaired) electrons. The molecule has 0 aromatic carbocycles. The number of Topliss-reactive ketones (excluding diaryl/α,β-unsaturated/α-hetero) is 1. The first-order valence-corrected chi connectivity index (χ1v) is 14.9. The SMILES string of the molecule is CO[C@@H]1C[C@H](O[C@@H]2CC[C@@]3(C)[C@@H](C2)C[C@H]2O[C@H]4C[C@H](C5=CC(=O)OC5)[C@@]5(C)C(=O)[C@@H](O)[C@H]3[C@@H]2[C@]45O)O[C@H](C)[C@@H]1O. The topological polar surface area (TPSA) is 141 Å². The van der Waals surface area contributed by atoms with Crippen LogP contribution in [0.5, 0.6) is 0 Å². The smallest absolute Gasteiger partial charge is 0.331 e. The van der Waals surface area contributed by atoms with Crippen LogP contribution in [0.2, 0.25) is 0 Å². The second kappa shape index (κ2) is 9.05. The summed E-state index contributed by atoms with van der Waals surface area (Å²) in [6, 6.07) is 0. The van der Waals surface area contributed by atoms with E-state index in [9.17, 15) is 24.9 Å². The number of carbonyl (C=O) groups excluding carboxylic acids is 2. The Labute approximate surface area is 234 Å². The van der Waals surface area contributed by atoms with Crippen LogP contribution >= 0.6 is 0 Å². The fourth-order valence-electron chi connectivity index (χ4n) is 10.3. The molecule has 0 spiro atoms. The van der Waals surface area contributed by atoms with Crippen molar-refractivity contribution in [3.05, 3.63) is 11.6 Å². The van der Waals surface area contributed by atoms with Gasteiger partial charge in [-0.3, -0.25) is 4.79 Å². The lowest BCUT2D eigenvalue weighted by atomic mass is 9.42. The van der Waals surface area contributed by atoms with Gasteiger partial charge < -0.3 is 39.0 Å². The molecule has 0 amide bonds. The van der Waals surface area contributed by atoms with Crippen LogP contribution in [0.4, 0.5) is 0 Å². The van der Waals surface area contributed by atoms with E-state index >= 15 is 0 Å². The molecule has 7 aliphatic rings. The predicted molar refractivity (Wildman–Crippen MR) is 138 cm³/mol. The molecule has 40 heavy (non-hydrogen) atoms. The van der Waals surface area contributed by atoms with Gasteiger partial charge in [-0.15, -0.1) is 0 Å². The number of cyclic esters (lactones) is 1. The molecule has 7 rings (SSSR count). The third-order valence-corrected chi connectivity index (χ3v) is 12.4. The first-order valence-electron chi connectivity index (χ1n) is 14.9. The third-order valence-electron chi connectivity index (χ3n) is 12.4. The summed E-state index contributed by atoms with van der Waals surface area (Å²) in [6.45, 7) is 5.86. The second-order valence-electron chi connectivity index (χ2n) is 13.9. The summed E-state index contributed by atoms with van der Waals surface area (Å²) in [5, 5.41) is 34.6. The molecular weight excluding hydrogens is 520 g/mol. The molecular formula is C30H42O10. The van der Waals surface area contributed by atoms with Gasteiger partial charge in [-0.25, -0.2) is 4.79 Å². The van der Waals surface area contributed by atoms with Crippen LogP contribution in [0.25, 0.3) is 0 Å². The summed E-state index contributed by atoms with van der Waals surface area (Å²) < 4.78 is 29.6. The van der Waals surface area contributed by atoms with E-state index in [2.05, 4.69) is 6.92 Å². The highest BCUT2D eigenvalue weighted by Gasteiger charge is 2.81. The number of esters is 1. The molecule has 0 unspecified atom stereocenters. The Morgan fingerprint density at radius 2 is 1.82 bits per heavy atom. The van der Waals surface area contributed by atoms with Crippen molar-refractivity contribution in [3.63, 3.8) is 0 Å². The molecule has 0 aromatic rings. The predicted octanol–water partition coefficient (Wildman–Crippen LogP) is 1.28. The van der Waals surface area contributed by atoms with E-state index in [1.54, 1.807) is 14.0 Å². The summed E-state index contributed by atoms with van der Waals surface area (Å²) in [4.78, 5) is 26.0. The highest BCUT2D eigenvalue weighted by molar-refractivity contribution is 5.94. The fourth-order valence-corrected chi connectivity index (χ4v) is 10.3. The molecule has 222 valence electrons. The first-order chi connectivity index (χ1) is 18.9. The number of carbonyl (C=O) groups is 2. The minimum Gasteiger partial charge on any atom is -0.458 e. The number of methoxy groups -OCH3 is 1. The maximum atomic E-state index is 14.2. The van der Waals surface area contributed by atoms with Crippen LogP contribution in [-0.4, -0.2) is 95.4 Å². The number of rotatable bonds is 4. The van der Waals surface area contributed by atoms with Crippen LogP contribution in [0.3, 0.4) is 0 Å². The van der Waals surface area contributed by atoms with E-state index < -0.39 is 59.5 Å². The Morgan fingerprint density at radius 1 is 1.05 bits per heavy atom. The van der Waals surface area contributed by atoms with E-state index in [0.717, 1.165) is 25.7 Å². The van der Waals surface area contributed by atoms with Gasteiger partial charge >= 0.3 is 5.97 Å². The summed E-state index contributed by atoms with van der Waals surface area (Å²) in [5.41, 5.74) is -2.34. The van der Waals surface area contributed by atoms with Gasteiger partial charge in [0, 0.05) is 37.4 Å². The van der Waals surface area contributed by atoms with Gasteiger partial charge in [0.1, 0.15) is 24.4 Å². The third kappa shape index (κ3) is 3.41. The van der Waals surface area contributed by atoms with Crippen molar-refractivity contribution in [3.8, 4) is 0 Å². The lowest BCUT2D eigenvalue weighted by Gasteiger charge is -2.63. The van der Waals surface area contributed by atoms with Crippen LogP contribution in [0, 0.1) is 34.5 Å². The van der Waals surface area contributed by atoms with Crippen molar-refractivity contribution in [2.24, 2.45) is 34.5 Å². The number of ketones is 1. The standard InChI is InChI=1S/C30H42O10/c1-13-25(32)19(36-4)11-22(38-13)39-16-5-6-28(2)15(8-16)9-18-23-24(28)26(33)27(34)29(3)17(14-7-21(31)37-12-14)10-20(40-18)30(23,29)35/h7,13,15-20,22-26,32-33,35H,5-6,8-12H2,1-4H3/t13-,15+,16-,17-,18-,19-,20+,22+,23-,24-,25+,26+,28+,29+,30-/m1/s1. The largest absolute Gasteiger partial charge is 0.458 e. The summed E-state index contributed by atoms with van der Waals surface area (Å²) >= 11 is 0. The van der Waals surface area contributed by atoms with Crippen molar-refractivity contribution >= 4 is 11.8 Å². The highest BCUT2D eigenvalue weighted by atomic mass is 16.7. The van der Waals surface area contributed by atoms with Crippen LogP contribution in [0.1, 0.15) is 59.3 Å². The average molecular weight is 563 g/mol. The number of hydrogen-bond donors (Lipinski definition) is 3. The van der Waals surface area contributed by atoms with Crippen molar-refractivity contribution in [1.82, 2.24) is 0 Å². The van der Waals surface area contributed by atoms with Gasteiger partial charge in [0.2, 0.25) is 0 Å². The minimum absolute atomic E-state index is 0.0681. The van der Waals surface area contributed by atoms with E-state index in [4.69, 9.17) is 23.7 Å². The van der Waals surface area contributed by atoms with E-state index in [-0.39, 0.29) is 48.0 Å². The quantitative estimate of drug-likeness (QED) is 0.339. The molecule has 2 saturated heterocycles. The monoisotopic (exact) mass is 562 g/mol. The normalized spacial score (nSPS) is 56.9. The Morgan fingerprint density at radius 3 is 2.52 bits per heavy atom. The second-order valence-corrected chi connectivity index (χ2v) is 13.9. The summed E-state index contributed by atoms with van der Waals surface area (Å²) in [6.07, 6.45) is 1.23. The summed E-state index contributed by atoms with van der Waals surface area (Å²) in [5.74, 6) is -1.86. The molecule has 0 aromatic heterocycles. The Kier molecular flexibility index (Phi) is 6.21. The van der Waals surface area contributed by atoms with Gasteiger partial charge in [-0.1, -0.05) is 6.92 Å². The highest BCUT2D eigenvalue weighted by Crippen LogP contribution is 2.72. The van der Waals surface area contributed by atoms with E-state index in [0.29, 0.717) is 18.4 Å². The Bertz CT molecular complexity index is 1120. The molecule has 3 heterocycles. The molecule has 10 heteroatoms. The molecule has 10 nitrogen and oxygen atoms in total. The van der Waals surface area contributed by atoms with Crippen LogP contribution in [0.15, 0.2) is 11.6 Å². The van der Waals surface area contributed by atoms with Gasteiger partial charge in [0.25, 0.3) is 0 Å². The van der Waals surface area contributed by atoms with Gasteiger partial charge in [0.15, 0.2) is 12.1 Å². The maximum Gasteiger partial charge on any atom is 0.331 e. The van der Waals surface area contributed by atoms with Crippen LogP contribution < -0.4 is 0 Å². The number of aliphatic hydroxyl groups is 3. The van der Waals surface area contributed by atoms with Crippen molar-refractivity contribution in [2.45, 2.75) is 114 Å². The fraction of sp³-hybridized carbons (Fsp3) is 0.867. The van der Waals surface area contributed by atoms with Crippen LogP contribution in [-0.2, 0) is 33.3 Å². The molecule has 4 aliphatic carbocycles. The lowest BCUT2D eigenvalue weighted by Crippen LogP contribution is -2.72. The number of hydrogen-bond acceptors (Lipinski definition) is 10. The van der Waals surface area contributed by atoms with Crippen molar-refractivity contribution < 1.29 is 48.6 Å². The van der Waals surface area contributed by atoms with Gasteiger partial charge in [-0.05, 0) is 62.9 Å². The number of ether oxygens (including phenoxy) is 5. The molecule has 3 aliphatic heterocycles. The molecule has 6 fully saturated rings. The van der Waals surface area contributed by atoms with E-state index in [1.807, 2.05) is 6.92 Å². The Hall–Kier alpha value is -1.40. The minimum atomic E-state index is -1.42. The van der Waals surface area contributed by atoms with E-state index in [1.165, 1.54) is 6.08 Å². The van der Waals surface area contributed by atoms with Crippen molar-refractivity contribution in [2.75, 3.05) is 13.7 Å². The first kappa shape index (κ1) is 27.4. The molecule has 0 bridgehead atoms. The van der Waals surface area contributed by atoms with Gasteiger partial charge in [-0.2, -0.15) is 0 Å². The zero-order chi connectivity index (χ0) is 28.4. The lowest BCUT2D eigenvalue weighted by molar-refractivity contribution is -0.274.